The second-order valence-electron chi connectivity index (χ2n) is 4.35. The van der Waals surface area contributed by atoms with Crippen molar-refractivity contribution in [1.29, 1.82) is 0 Å². The number of rotatable bonds is 6. The first-order valence-corrected chi connectivity index (χ1v) is 7.57. The summed E-state index contributed by atoms with van der Waals surface area (Å²) in [5, 5.41) is 9.27. The molecule has 0 saturated carbocycles. The fraction of sp³-hybridized carbons (Fsp3) is 0.308. The Morgan fingerprint density at radius 3 is 2.86 bits per heavy atom. The highest BCUT2D eigenvalue weighted by atomic mass is 35.5. The molecule has 2 N–H and O–H groups in total. The largest absolute Gasteiger partial charge is 0.481 e. The Kier molecular flexibility index (Phi) is 5.08. The van der Waals surface area contributed by atoms with Gasteiger partial charge in [-0.3, -0.25) is 4.79 Å². The third-order valence-electron chi connectivity index (χ3n) is 2.72. The van der Waals surface area contributed by atoms with Crippen LogP contribution in [0.3, 0.4) is 0 Å². The number of primary amides is 1. The van der Waals surface area contributed by atoms with Crippen LogP contribution in [0.5, 0.6) is 5.75 Å². The maximum absolute atomic E-state index is 10.8. The number of benzene rings is 1. The summed E-state index contributed by atoms with van der Waals surface area (Å²) in [5.74, 6) is 0.985. The number of para-hydroxylation sites is 1. The highest BCUT2D eigenvalue weighted by Crippen LogP contribution is 2.28. The first kappa shape index (κ1) is 15.7. The number of hydrogen-bond donors (Lipinski definition) is 1. The second-order valence-corrected chi connectivity index (χ2v) is 5.69. The molecule has 2 rings (SSSR count). The molecule has 1 unspecified atom stereocenters. The van der Waals surface area contributed by atoms with Crippen LogP contribution in [0.2, 0.25) is 5.02 Å². The van der Waals surface area contributed by atoms with Crippen molar-refractivity contribution in [3.8, 4) is 5.75 Å². The van der Waals surface area contributed by atoms with E-state index < -0.39 is 5.91 Å². The van der Waals surface area contributed by atoms with E-state index >= 15 is 0 Å². The molecule has 1 heterocycles. The molecule has 0 spiro atoms. The quantitative estimate of drug-likeness (QED) is 0.823. The topological polar surface area (TPSA) is 83.0 Å². The van der Waals surface area contributed by atoms with Crippen molar-refractivity contribution in [3.63, 3.8) is 0 Å². The lowest BCUT2D eigenvalue weighted by Crippen LogP contribution is -2.14. The fourth-order valence-electron chi connectivity index (χ4n) is 1.73. The molecule has 0 bridgehead atoms. The van der Waals surface area contributed by atoms with Crippen LogP contribution in [-0.2, 0) is 11.8 Å². The average Bonchev–Trinajstić information content (AvgIpc) is 2.80. The van der Waals surface area contributed by atoms with E-state index in [1.807, 2.05) is 26.1 Å². The van der Waals surface area contributed by atoms with Crippen molar-refractivity contribution in [2.75, 3.05) is 5.75 Å². The highest BCUT2D eigenvalue weighted by molar-refractivity contribution is 7.99. The van der Waals surface area contributed by atoms with Crippen LogP contribution < -0.4 is 10.5 Å². The highest BCUT2D eigenvalue weighted by Gasteiger charge is 2.18. The minimum Gasteiger partial charge on any atom is -0.481 e. The lowest BCUT2D eigenvalue weighted by atomic mass is 10.3. The van der Waals surface area contributed by atoms with Crippen molar-refractivity contribution in [3.05, 3.63) is 35.1 Å². The fourth-order valence-corrected chi connectivity index (χ4v) is 2.56. The molecule has 1 amide bonds. The molecule has 0 fully saturated rings. The van der Waals surface area contributed by atoms with E-state index in [4.69, 9.17) is 22.1 Å². The smallest absolute Gasteiger partial charge is 0.227 e. The summed E-state index contributed by atoms with van der Waals surface area (Å²) in [5.41, 5.74) is 5.12. The maximum atomic E-state index is 10.8. The van der Waals surface area contributed by atoms with E-state index in [-0.39, 0.29) is 11.9 Å². The predicted molar refractivity (Wildman–Crippen MR) is 81.4 cm³/mol. The predicted octanol–water partition coefficient (Wildman–Crippen LogP) is 2.19. The molecular formula is C13H15ClN4O2S. The normalized spacial score (nSPS) is 12.1. The van der Waals surface area contributed by atoms with Gasteiger partial charge in [-0.1, -0.05) is 35.5 Å². The van der Waals surface area contributed by atoms with E-state index in [2.05, 4.69) is 10.2 Å². The van der Waals surface area contributed by atoms with Gasteiger partial charge in [-0.05, 0) is 19.1 Å². The molecule has 1 aromatic heterocycles. The second kappa shape index (κ2) is 6.82. The number of carbonyl (C=O) groups is 1. The van der Waals surface area contributed by atoms with Gasteiger partial charge in [0.05, 0.1) is 10.8 Å². The first-order valence-electron chi connectivity index (χ1n) is 6.20. The van der Waals surface area contributed by atoms with Crippen LogP contribution in [0.25, 0.3) is 0 Å². The van der Waals surface area contributed by atoms with Crippen LogP contribution in [0.1, 0.15) is 18.9 Å². The van der Waals surface area contributed by atoms with Gasteiger partial charge in [-0.2, -0.15) is 0 Å². The molecule has 0 aliphatic carbocycles. The zero-order valence-electron chi connectivity index (χ0n) is 11.6. The van der Waals surface area contributed by atoms with Gasteiger partial charge < -0.3 is 15.0 Å². The molecule has 112 valence electrons. The average molecular weight is 327 g/mol. The SMILES string of the molecule is CC(Oc1ccccc1Cl)c1nnc(SCC(N)=O)n1C. The van der Waals surface area contributed by atoms with E-state index in [9.17, 15) is 4.79 Å². The molecule has 6 nitrogen and oxygen atoms in total. The van der Waals surface area contributed by atoms with Gasteiger partial charge in [-0.15, -0.1) is 10.2 Å². The number of aromatic nitrogens is 3. The number of amides is 1. The van der Waals surface area contributed by atoms with Gasteiger partial charge in [0.25, 0.3) is 0 Å². The summed E-state index contributed by atoms with van der Waals surface area (Å²) in [6.07, 6.45) is -0.328. The van der Waals surface area contributed by atoms with Gasteiger partial charge in [0.15, 0.2) is 17.1 Å². The van der Waals surface area contributed by atoms with Crippen molar-refractivity contribution in [2.24, 2.45) is 12.8 Å². The van der Waals surface area contributed by atoms with Crippen LogP contribution in [0, 0.1) is 0 Å². The minimum absolute atomic E-state index is 0.158. The molecule has 0 aliphatic heterocycles. The molecule has 0 aliphatic rings. The molecule has 1 aromatic carbocycles. The first-order chi connectivity index (χ1) is 9.99. The molecular weight excluding hydrogens is 312 g/mol. The number of carbonyl (C=O) groups excluding carboxylic acids is 1. The Morgan fingerprint density at radius 2 is 2.19 bits per heavy atom. The number of halogens is 1. The van der Waals surface area contributed by atoms with Gasteiger partial charge in [0.1, 0.15) is 5.75 Å². The van der Waals surface area contributed by atoms with Crippen molar-refractivity contribution >= 4 is 29.3 Å². The van der Waals surface area contributed by atoms with E-state index in [0.29, 0.717) is 21.8 Å². The summed E-state index contributed by atoms with van der Waals surface area (Å²) in [4.78, 5) is 10.8. The molecule has 0 radical (unpaired) electrons. The number of nitrogens with two attached hydrogens (primary N) is 1. The maximum Gasteiger partial charge on any atom is 0.227 e. The third kappa shape index (κ3) is 3.89. The van der Waals surface area contributed by atoms with Crippen molar-refractivity contribution in [1.82, 2.24) is 14.8 Å². The Morgan fingerprint density at radius 1 is 1.48 bits per heavy atom. The Hall–Kier alpha value is -1.73. The van der Waals surface area contributed by atoms with E-state index in [0.717, 1.165) is 0 Å². The van der Waals surface area contributed by atoms with E-state index in [1.54, 1.807) is 16.7 Å². The minimum atomic E-state index is -0.398. The number of hydrogen-bond acceptors (Lipinski definition) is 5. The van der Waals surface area contributed by atoms with Crippen LogP contribution in [-0.4, -0.2) is 26.4 Å². The summed E-state index contributed by atoms with van der Waals surface area (Å²) in [6, 6.07) is 7.23. The standard InChI is InChI=1S/C13H15ClN4O2S/c1-8(20-10-6-4-3-5-9(10)14)12-16-17-13(18(12)2)21-7-11(15)19/h3-6,8H,7H2,1-2H3,(H2,15,19). The lowest BCUT2D eigenvalue weighted by Gasteiger charge is -2.15. The third-order valence-corrected chi connectivity index (χ3v) is 4.07. The molecule has 1 atom stereocenters. The molecule has 2 aromatic rings. The zero-order valence-corrected chi connectivity index (χ0v) is 13.2. The van der Waals surface area contributed by atoms with Gasteiger partial charge >= 0.3 is 0 Å². The molecule has 21 heavy (non-hydrogen) atoms. The van der Waals surface area contributed by atoms with Crippen molar-refractivity contribution < 1.29 is 9.53 Å². The van der Waals surface area contributed by atoms with E-state index in [1.165, 1.54) is 11.8 Å². The summed E-state index contributed by atoms with van der Waals surface area (Å²) >= 11 is 7.30. The number of thioether (sulfide) groups is 1. The molecule has 8 heteroatoms. The summed E-state index contributed by atoms with van der Waals surface area (Å²) in [6.45, 7) is 1.86. The van der Waals surface area contributed by atoms with Crippen LogP contribution in [0.4, 0.5) is 0 Å². The summed E-state index contributed by atoms with van der Waals surface area (Å²) in [7, 11) is 1.81. The van der Waals surface area contributed by atoms with Crippen molar-refractivity contribution in [2.45, 2.75) is 18.2 Å². The molecule has 0 saturated heterocycles. The number of nitrogens with zero attached hydrogens (tertiary/aromatic N) is 3. The zero-order chi connectivity index (χ0) is 15.4. The summed E-state index contributed by atoms with van der Waals surface area (Å²) < 4.78 is 7.57. The monoisotopic (exact) mass is 326 g/mol. The Balaban J connectivity index is 2.11. The Bertz CT molecular complexity index is 647. The van der Waals surface area contributed by atoms with Crippen LogP contribution >= 0.6 is 23.4 Å². The van der Waals surface area contributed by atoms with Gasteiger partial charge in [0.2, 0.25) is 5.91 Å². The lowest BCUT2D eigenvalue weighted by molar-refractivity contribution is -0.115. The number of ether oxygens (including phenoxy) is 1. The van der Waals surface area contributed by atoms with Crippen LogP contribution in [0.15, 0.2) is 29.4 Å². The Labute approximate surface area is 131 Å². The van der Waals surface area contributed by atoms with Gasteiger partial charge in [0, 0.05) is 7.05 Å². The van der Waals surface area contributed by atoms with Gasteiger partial charge in [-0.25, -0.2) is 0 Å².